The van der Waals surface area contributed by atoms with Gasteiger partial charge in [-0.05, 0) is 42.1 Å². The Balaban J connectivity index is 2.14. The summed E-state index contributed by atoms with van der Waals surface area (Å²) in [6, 6.07) is 8.74. The molecule has 1 unspecified atom stereocenters. The molecule has 1 heterocycles. The summed E-state index contributed by atoms with van der Waals surface area (Å²) in [5.74, 6) is -0.926. The highest BCUT2D eigenvalue weighted by molar-refractivity contribution is 7.14. The third-order valence-corrected chi connectivity index (χ3v) is 3.69. The lowest BCUT2D eigenvalue weighted by Gasteiger charge is -2.14. The summed E-state index contributed by atoms with van der Waals surface area (Å²) in [7, 11) is 0. The van der Waals surface area contributed by atoms with Crippen LogP contribution in [0.4, 0.5) is 5.69 Å². The summed E-state index contributed by atoms with van der Waals surface area (Å²) in [5.41, 5.74) is 2.14. The summed E-state index contributed by atoms with van der Waals surface area (Å²) in [6.45, 7) is 2.01. The number of aromatic carboxylic acids is 1. The highest BCUT2D eigenvalue weighted by Crippen LogP contribution is 2.27. The predicted octanol–water partition coefficient (Wildman–Crippen LogP) is 4.27. The summed E-state index contributed by atoms with van der Waals surface area (Å²) in [5, 5.41) is 14.2. The van der Waals surface area contributed by atoms with E-state index in [4.69, 9.17) is 16.7 Å². The fourth-order valence-corrected chi connectivity index (χ4v) is 2.61. The van der Waals surface area contributed by atoms with Gasteiger partial charge in [0.2, 0.25) is 0 Å². The minimum absolute atomic E-state index is 0.0813. The number of thiophene rings is 1. The number of nitrogens with one attached hydrogen (secondary N) is 1. The molecular formula is C13H12ClNO2S. The number of hydrogen-bond acceptors (Lipinski definition) is 3. The number of rotatable bonds is 4. The standard InChI is InChI=1S/C13H12ClNO2S/c1-8(10-6-12(14)18-7-10)15-11-4-2-3-9(5-11)13(16)17/h2-8,15H,1H3,(H,16,17). The van der Waals surface area contributed by atoms with Gasteiger partial charge in [0, 0.05) is 11.7 Å². The Labute approximate surface area is 114 Å². The van der Waals surface area contributed by atoms with Crippen LogP contribution in [0.2, 0.25) is 4.34 Å². The summed E-state index contributed by atoms with van der Waals surface area (Å²) in [6.07, 6.45) is 0. The molecule has 0 saturated carbocycles. The van der Waals surface area contributed by atoms with E-state index in [-0.39, 0.29) is 11.6 Å². The van der Waals surface area contributed by atoms with Gasteiger partial charge in [0.05, 0.1) is 9.90 Å². The summed E-state index contributed by atoms with van der Waals surface area (Å²) < 4.78 is 0.748. The molecule has 1 atom stereocenters. The van der Waals surface area contributed by atoms with E-state index in [0.717, 1.165) is 15.6 Å². The Morgan fingerprint density at radius 3 is 2.83 bits per heavy atom. The maximum absolute atomic E-state index is 10.9. The Kier molecular flexibility index (Phi) is 3.89. The van der Waals surface area contributed by atoms with Crippen LogP contribution in [0.25, 0.3) is 0 Å². The molecule has 0 amide bonds. The van der Waals surface area contributed by atoms with Crippen LogP contribution in [0.15, 0.2) is 35.7 Å². The second-order valence-electron chi connectivity index (χ2n) is 3.94. The van der Waals surface area contributed by atoms with Crippen molar-refractivity contribution in [1.82, 2.24) is 0 Å². The number of benzene rings is 1. The molecule has 94 valence electrons. The average Bonchev–Trinajstić information content (AvgIpc) is 2.76. The van der Waals surface area contributed by atoms with Gasteiger partial charge in [-0.3, -0.25) is 0 Å². The molecule has 5 heteroatoms. The normalized spacial score (nSPS) is 12.1. The first-order chi connectivity index (χ1) is 8.56. The largest absolute Gasteiger partial charge is 0.478 e. The lowest BCUT2D eigenvalue weighted by atomic mass is 10.1. The highest BCUT2D eigenvalue weighted by atomic mass is 35.5. The molecule has 0 aliphatic heterocycles. The fourth-order valence-electron chi connectivity index (χ4n) is 1.63. The van der Waals surface area contributed by atoms with Crippen LogP contribution in [-0.2, 0) is 0 Å². The van der Waals surface area contributed by atoms with Crippen LogP contribution in [-0.4, -0.2) is 11.1 Å². The molecule has 0 aliphatic carbocycles. The van der Waals surface area contributed by atoms with Gasteiger partial charge in [-0.1, -0.05) is 17.7 Å². The molecule has 0 spiro atoms. The van der Waals surface area contributed by atoms with Gasteiger partial charge >= 0.3 is 5.97 Å². The van der Waals surface area contributed by atoms with Crippen molar-refractivity contribution in [1.29, 1.82) is 0 Å². The lowest BCUT2D eigenvalue weighted by Crippen LogP contribution is -2.06. The van der Waals surface area contributed by atoms with E-state index in [1.165, 1.54) is 11.3 Å². The van der Waals surface area contributed by atoms with Gasteiger partial charge in [-0.2, -0.15) is 0 Å². The first kappa shape index (κ1) is 12.9. The van der Waals surface area contributed by atoms with E-state index < -0.39 is 5.97 Å². The Morgan fingerprint density at radius 2 is 2.22 bits per heavy atom. The molecule has 0 fully saturated rings. The number of carboxylic acids is 1. The second-order valence-corrected chi connectivity index (χ2v) is 5.48. The van der Waals surface area contributed by atoms with Gasteiger partial charge in [0.25, 0.3) is 0 Å². The van der Waals surface area contributed by atoms with Gasteiger partial charge in [-0.25, -0.2) is 4.79 Å². The first-order valence-electron chi connectivity index (χ1n) is 5.40. The first-order valence-corrected chi connectivity index (χ1v) is 6.66. The molecule has 2 aromatic rings. The van der Waals surface area contributed by atoms with Crippen LogP contribution < -0.4 is 5.32 Å². The Morgan fingerprint density at radius 1 is 1.44 bits per heavy atom. The van der Waals surface area contributed by atoms with Crippen molar-refractivity contribution in [3.8, 4) is 0 Å². The van der Waals surface area contributed by atoms with Gasteiger partial charge in [-0.15, -0.1) is 11.3 Å². The van der Waals surface area contributed by atoms with E-state index in [2.05, 4.69) is 5.32 Å². The molecule has 18 heavy (non-hydrogen) atoms. The molecule has 0 radical (unpaired) electrons. The third-order valence-electron chi connectivity index (χ3n) is 2.58. The zero-order valence-electron chi connectivity index (χ0n) is 9.68. The molecule has 3 nitrogen and oxygen atoms in total. The van der Waals surface area contributed by atoms with E-state index in [1.807, 2.05) is 24.4 Å². The molecule has 2 rings (SSSR count). The fraction of sp³-hybridized carbons (Fsp3) is 0.154. The monoisotopic (exact) mass is 281 g/mol. The molecule has 0 aliphatic rings. The van der Waals surface area contributed by atoms with E-state index in [9.17, 15) is 4.79 Å². The van der Waals surface area contributed by atoms with Crippen LogP contribution in [0, 0.1) is 0 Å². The van der Waals surface area contributed by atoms with Crippen LogP contribution >= 0.6 is 22.9 Å². The molecule has 1 aromatic heterocycles. The Hall–Kier alpha value is -1.52. The molecule has 1 aromatic carbocycles. The number of carboxylic acid groups (broad SMARTS) is 1. The predicted molar refractivity (Wildman–Crippen MR) is 74.8 cm³/mol. The third kappa shape index (κ3) is 3.03. The summed E-state index contributed by atoms with van der Waals surface area (Å²) in [4.78, 5) is 10.9. The van der Waals surface area contributed by atoms with Crippen molar-refractivity contribution < 1.29 is 9.90 Å². The smallest absolute Gasteiger partial charge is 0.335 e. The van der Waals surface area contributed by atoms with Crippen LogP contribution in [0.3, 0.4) is 0 Å². The van der Waals surface area contributed by atoms with Crippen molar-refractivity contribution in [3.05, 3.63) is 51.2 Å². The number of hydrogen-bond donors (Lipinski definition) is 2. The van der Waals surface area contributed by atoms with Crippen LogP contribution in [0.1, 0.15) is 28.9 Å². The van der Waals surface area contributed by atoms with E-state index in [0.29, 0.717) is 0 Å². The average molecular weight is 282 g/mol. The van der Waals surface area contributed by atoms with Crippen LogP contribution in [0.5, 0.6) is 0 Å². The highest BCUT2D eigenvalue weighted by Gasteiger charge is 2.09. The second kappa shape index (κ2) is 5.42. The Bertz CT molecular complexity index is 568. The minimum Gasteiger partial charge on any atom is -0.478 e. The van der Waals surface area contributed by atoms with Crippen molar-refractivity contribution >= 4 is 34.6 Å². The number of halogens is 1. The van der Waals surface area contributed by atoms with Crippen molar-refractivity contribution in [3.63, 3.8) is 0 Å². The van der Waals surface area contributed by atoms with Gasteiger partial charge in [0.15, 0.2) is 0 Å². The van der Waals surface area contributed by atoms with Gasteiger partial charge < -0.3 is 10.4 Å². The molecule has 0 saturated heterocycles. The molecule has 2 N–H and O–H groups in total. The number of carbonyl (C=O) groups is 1. The van der Waals surface area contributed by atoms with Crippen molar-refractivity contribution in [2.45, 2.75) is 13.0 Å². The quantitative estimate of drug-likeness (QED) is 0.880. The van der Waals surface area contributed by atoms with Crippen molar-refractivity contribution in [2.75, 3.05) is 5.32 Å². The lowest BCUT2D eigenvalue weighted by molar-refractivity contribution is 0.0697. The number of anilines is 1. The minimum atomic E-state index is -0.926. The zero-order chi connectivity index (χ0) is 13.1. The summed E-state index contributed by atoms with van der Waals surface area (Å²) >= 11 is 7.37. The molecular weight excluding hydrogens is 270 g/mol. The maximum Gasteiger partial charge on any atom is 0.335 e. The maximum atomic E-state index is 10.9. The SMILES string of the molecule is CC(Nc1cccc(C(=O)O)c1)c1csc(Cl)c1. The van der Waals surface area contributed by atoms with Crippen molar-refractivity contribution in [2.24, 2.45) is 0 Å². The van der Waals surface area contributed by atoms with E-state index in [1.54, 1.807) is 18.2 Å². The molecule has 0 bridgehead atoms. The van der Waals surface area contributed by atoms with E-state index >= 15 is 0 Å². The van der Waals surface area contributed by atoms with Gasteiger partial charge in [0.1, 0.15) is 0 Å². The topological polar surface area (TPSA) is 49.3 Å². The zero-order valence-corrected chi connectivity index (χ0v) is 11.3.